The first-order chi connectivity index (χ1) is 13.1. The molecule has 27 heavy (non-hydrogen) atoms. The zero-order valence-corrected chi connectivity index (χ0v) is 13.8. The fourth-order valence-electron chi connectivity index (χ4n) is 2.48. The van der Waals surface area contributed by atoms with Gasteiger partial charge in [-0.2, -0.15) is 0 Å². The van der Waals surface area contributed by atoms with Crippen LogP contribution in [0.4, 0.5) is 5.69 Å². The van der Waals surface area contributed by atoms with Crippen LogP contribution in [0.5, 0.6) is 11.5 Å². The fourth-order valence-corrected chi connectivity index (χ4v) is 2.48. The Hall–Kier alpha value is -4.07. The van der Waals surface area contributed by atoms with Gasteiger partial charge in [-0.15, -0.1) is 10.2 Å². The molecule has 0 bridgehead atoms. The summed E-state index contributed by atoms with van der Waals surface area (Å²) < 4.78 is 10.8. The lowest BCUT2D eigenvalue weighted by atomic mass is 10.1. The smallest absolute Gasteiger partial charge is 0.283 e. The molecule has 0 aliphatic rings. The Balaban J connectivity index is 1.57. The molecule has 0 aliphatic carbocycles. The van der Waals surface area contributed by atoms with Gasteiger partial charge in [0.05, 0.1) is 11.8 Å². The summed E-state index contributed by atoms with van der Waals surface area (Å²) in [7, 11) is 0. The van der Waals surface area contributed by atoms with Gasteiger partial charge in [0.15, 0.2) is 5.76 Å². The second kappa shape index (κ2) is 6.68. The number of aromatic nitrogens is 2. The van der Waals surface area contributed by atoms with Crippen molar-refractivity contribution in [1.82, 2.24) is 10.2 Å². The molecular weight excluding hydrogens is 350 g/mol. The lowest BCUT2D eigenvalue weighted by molar-refractivity contribution is 0.102. The molecule has 0 aliphatic heterocycles. The molecule has 0 radical (unpaired) electrons. The van der Waals surface area contributed by atoms with Gasteiger partial charge in [-0.1, -0.05) is 6.07 Å². The number of hydrogen-bond donors (Lipinski definition) is 3. The maximum absolute atomic E-state index is 12.3. The van der Waals surface area contributed by atoms with E-state index in [9.17, 15) is 15.0 Å². The predicted molar refractivity (Wildman–Crippen MR) is 95.2 cm³/mol. The normalized spacial score (nSPS) is 10.7. The summed E-state index contributed by atoms with van der Waals surface area (Å²) in [4.78, 5) is 12.3. The van der Waals surface area contributed by atoms with E-state index in [1.165, 1.54) is 18.4 Å². The Kier molecular flexibility index (Phi) is 4.06. The van der Waals surface area contributed by atoms with Crippen LogP contribution in [0, 0.1) is 0 Å². The van der Waals surface area contributed by atoms with Crippen LogP contribution in [-0.4, -0.2) is 26.3 Å². The van der Waals surface area contributed by atoms with Crippen LogP contribution < -0.4 is 5.32 Å². The summed E-state index contributed by atoms with van der Waals surface area (Å²) in [6.07, 6.45) is 1.51. The first-order valence-corrected chi connectivity index (χ1v) is 7.91. The van der Waals surface area contributed by atoms with Crippen molar-refractivity contribution in [3.63, 3.8) is 0 Å². The number of benzene rings is 2. The van der Waals surface area contributed by atoms with Crippen LogP contribution in [0.3, 0.4) is 0 Å². The summed E-state index contributed by atoms with van der Waals surface area (Å²) in [6.45, 7) is 0. The Morgan fingerprint density at radius 3 is 2.59 bits per heavy atom. The molecule has 134 valence electrons. The minimum Gasteiger partial charge on any atom is -0.508 e. The molecule has 2 heterocycles. The molecule has 1 amide bonds. The van der Waals surface area contributed by atoms with Gasteiger partial charge >= 0.3 is 0 Å². The van der Waals surface area contributed by atoms with E-state index in [2.05, 4.69) is 15.5 Å². The molecule has 0 saturated heterocycles. The number of hydrogen-bond acceptors (Lipinski definition) is 7. The molecule has 0 atom stereocenters. The maximum atomic E-state index is 12.3. The third kappa shape index (κ3) is 3.36. The molecule has 4 rings (SSSR count). The van der Waals surface area contributed by atoms with Gasteiger partial charge in [0.1, 0.15) is 11.5 Å². The lowest BCUT2D eigenvalue weighted by Crippen LogP contribution is -2.12. The Morgan fingerprint density at radius 1 is 0.963 bits per heavy atom. The second-order valence-electron chi connectivity index (χ2n) is 5.63. The molecule has 0 fully saturated rings. The first-order valence-electron chi connectivity index (χ1n) is 7.91. The van der Waals surface area contributed by atoms with E-state index in [0.29, 0.717) is 17.0 Å². The highest BCUT2D eigenvalue weighted by molar-refractivity contribution is 6.06. The van der Waals surface area contributed by atoms with Crippen molar-refractivity contribution < 1.29 is 23.8 Å². The largest absolute Gasteiger partial charge is 0.508 e. The molecule has 8 heteroatoms. The molecular formula is C19H13N3O5. The van der Waals surface area contributed by atoms with Crippen molar-refractivity contribution in [2.75, 3.05) is 5.32 Å². The molecule has 4 aromatic rings. The molecule has 0 saturated carbocycles. The van der Waals surface area contributed by atoms with Gasteiger partial charge in [0.25, 0.3) is 11.8 Å². The third-order valence-corrected chi connectivity index (χ3v) is 3.75. The van der Waals surface area contributed by atoms with Crippen LogP contribution in [0.15, 0.2) is 69.7 Å². The quantitative estimate of drug-likeness (QED) is 0.506. The van der Waals surface area contributed by atoms with E-state index in [4.69, 9.17) is 8.83 Å². The number of carbonyl (C=O) groups excluding carboxylic acids is 1. The fraction of sp³-hybridized carbons (Fsp3) is 0. The predicted octanol–water partition coefficient (Wildman–Crippen LogP) is 3.66. The number of phenolic OH excluding ortho intramolecular Hbond substituents is 2. The van der Waals surface area contributed by atoms with Gasteiger partial charge in [0.2, 0.25) is 5.89 Å². The van der Waals surface area contributed by atoms with Crippen molar-refractivity contribution >= 4 is 11.6 Å². The molecule has 3 N–H and O–H groups in total. The number of nitrogens with one attached hydrogen (secondary N) is 1. The van der Waals surface area contributed by atoms with Crippen molar-refractivity contribution in [2.45, 2.75) is 0 Å². The summed E-state index contributed by atoms with van der Waals surface area (Å²) >= 11 is 0. The van der Waals surface area contributed by atoms with Gasteiger partial charge in [0, 0.05) is 17.3 Å². The topological polar surface area (TPSA) is 122 Å². The number of rotatable bonds is 4. The Labute approximate surface area is 152 Å². The molecule has 0 spiro atoms. The highest BCUT2D eigenvalue weighted by Crippen LogP contribution is 2.27. The minimum atomic E-state index is -0.522. The minimum absolute atomic E-state index is 0.0381. The van der Waals surface area contributed by atoms with Crippen molar-refractivity contribution in [2.24, 2.45) is 0 Å². The Morgan fingerprint density at radius 2 is 1.81 bits per heavy atom. The maximum Gasteiger partial charge on any atom is 0.283 e. The van der Waals surface area contributed by atoms with Crippen molar-refractivity contribution in [3.05, 3.63) is 66.4 Å². The summed E-state index contributed by atoms with van der Waals surface area (Å²) in [5, 5.41) is 29.7. The lowest BCUT2D eigenvalue weighted by Gasteiger charge is -2.08. The van der Waals surface area contributed by atoms with E-state index in [-0.39, 0.29) is 28.8 Å². The van der Waals surface area contributed by atoms with Crippen LogP contribution in [0.2, 0.25) is 0 Å². The standard InChI is InChI=1S/C19H13N3O5/c23-13-6-7-14(15(24)10-13)17(25)20-12-4-1-3-11(9-12)18-21-22-19(27-18)16-5-2-8-26-16/h1-10,23-24H,(H,20,25). The zero-order chi connectivity index (χ0) is 18.8. The zero-order valence-electron chi connectivity index (χ0n) is 13.8. The van der Waals surface area contributed by atoms with Gasteiger partial charge in [-0.3, -0.25) is 4.79 Å². The van der Waals surface area contributed by atoms with Gasteiger partial charge in [-0.25, -0.2) is 0 Å². The van der Waals surface area contributed by atoms with Crippen LogP contribution in [-0.2, 0) is 0 Å². The highest BCUT2D eigenvalue weighted by Gasteiger charge is 2.15. The average Bonchev–Trinajstić information content (AvgIpc) is 3.33. The molecule has 2 aromatic heterocycles. The van der Waals surface area contributed by atoms with Gasteiger partial charge < -0.3 is 24.4 Å². The van der Waals surface area contributed by atoms with E-state index < -0.39 is 5.91 Å². The van der Waals surface area contributed by atoms with Crippen molar-refractivity contribution in [3.8, 4) is 34.6 Å². The number of aromatic hydroxyl groups is 2. The number of anilines is 1. The van der Waals surface area contributed by atoms with Crippen LogP contribution in [0.1, 0.15) is 10.4 Å². The third-order valence-electron chi connectivity index (χ3n) is 3.75. The van der Waals surface area contributed by atoms with E-state index >= 15 is 0 Å². The first kappa shape index (κ1) is 16.4. The van der Waals surface area contributed by atoms with Crippen molar-refractivity contribution in [1.29, 1.82) is 0 Å². The summed E-state index contributed by atoms with van der Waals surface area (Å²) in [5.41, 5.74) is 1.12. The van der Waals surface area contributed by atoms with E-state index in [1.807, 2.05) is 0 Å². The molecule has 2 aromatic carbocycles. The van der Waals surface area contributed by atoms with E-state index in [1.54, 1.807) is 36.4 Å². The number of furan rings is 1. The number of phenols is 2. The molecule has 8 nitrogen and oxygen atoms in total. The van der Waals surface area contributed by atoms with E-state index in [0.717, 1.165) is 6.07 Å². The van der Waals surface area contributed by atoms with Gasteiger partial charge in [-0.05, 0) is 42.5 Å². The number of amides is 1. The Bertz CT molecular complexity index is 1100. The summed E-state index contributed by atoms with van der Waals surface area (Å²) in [5.74, 6) is 0.00866. The number of carbonyl (C=O) groups is 1. The highest BCUT2D eigenvalue weighted by atomic mass is 16.4. The SMILES string of the molecule is O=C(Nc1cccc(-c2nnc(-c3ccco3)o2)c1)c1ccc(O)cc1O. The monoisotopic (exact) mass is 363 g/mol. The molecule has 0 unspecified atom stereocenters. The van der Waals surface area contributed by atoms with Crippen LogP contribution >= 0.6 is 0 Å². The second-order valence-corrected chi connectivity index (χ2v) is 5.63. The average molecular weight is 363 g/mol. The summed E-state index contributed by atoms with van der Waals surface area (Å²) in [6, 6.07) is 14.0. The van der Waals surface area contributed by atoms with Crippen LogP contribution in [0.25, 0.3) is 23.1 Å². The number of nitrogens with zero attached hydrogens (tertiary/aromatic N) is 2.